The number of hydrogen-bond acceptors (Lipinski definition) is 6. The van der Waals surface area contributed by atoms with Gasteiger partial charge in [0, 0.05) is 59.6 Å². The minimum absolute atomic E-state index is 0.676. The Bertz CT molecular complexity index is 1710. The topological polar surface area (TPSA) is 108 Å². The third-order valence-electron chi connectivity index (χ3n) is 7.51. The first-order valence-electron chi connectivity index (χ1n) is 13.2. The van der Waals surface area contributed by atoms with Crippen LogP contribution in [0.4, 0.5) is 0 Å². The molecule has 0 bridgehead atoms. The average molecular weight is 501 g/mol. The maximum atomic E-state index is 4.92. The van der Waals surface area contributed by atoms with Crippen molar-refractivity contribution in [2.45, 2.75) is 32.2 Å². The van der Waals surface area contributed by atoms with E-state index >= 15 is 0 Å². The molecule has 0 radical (unpaired) electrons. The van der Waals surface area contributed by atoms with Crippen LogP contribution in [0.1, 0.15) is 31.2 Å². The summed E-state index contributed by atoms with van der Waals surface area (Å²) in [5, 5.41) is 12.4. The molecule has 0 aliphatic heterocycles. The Kier molecular flexibility index (Phi) is 5.86. The van der Waals surface area contributed by atoms with E-state index in [0.717, 1.165) is 69.0 Å². The molecule has 6 aromatic rings. The molecule has 0 amide bonds. The highest BCUT2D eigenvalue weighted by molar-refractivity contribution is 5.97. The first kappa shape index (κ1) is 22.7. The molecule has 1 aliphatic carbocycles. The fourth-order valence-corrected chi connectivity index (χ4v) is 5.53. The highest BCUT2D eigenvalue weighted by atomic mass is 15.1. The van der Waals surface area contributed by atoms with Gasteiger partial charge in [-0.05, 0) is 66.8 Å². The van der Waals surface area contributed by atoms with Gasteiger partial charge in [-0.3, -0.25) is 15.1 Å². The Hall–Kier alpha value is -4.43. The number of aromatic amines is 2. The second kappa shape index (κ2) is 9.79. The zero-order chi connectivity index (χ0) is 25.3. The molecule has 8 nitrogen and oxygen atoms in total. The standard InChI is InChI=1S/C30H28N8/c1-2-5-19(4-1)14-32-15-20-12-23(18-33-16-20)21-7-8-26-25(13-21)28(38-37-26)30-35-27-24(9-11-34-29(27)36-30)22-6-3-10-31-17-22/h3,6-13,16-19,32H,1-2,4-5,14-15H2,(H,37,38)(H,34,35,36). The molecule has 8 heteroatoms. The van der Waals surface area contributed by atoms with E-state index in [9.17, 15) is 0 Å². The quantitative estimate of drug-likeness (QED) is 0.252. The molecule has 0 saturated heterocycles. The Morgan fingerprint density at radius 2 is 1.82 bits per heavy atom. The van der Waals surface area contributed by atoms with Crippen molar-refractivity contribution in [3.05, 3.63) is 79.0 Å². The summed E-state index contributed by atoms with van der Waals surface area (Å²) >= 11 is 0. The number of nitrogens with zero attached hydrogens (tertiary/aromatic N) is 5. The number of aromatic nitrogens is 7. The zero-order valence-corrected chi connectivity index (χ0v) is 21.0. The van der Waals surface area contributed by atoms with Crippen LogP contribution in [-0.4, -0.2) is 41.7 Å². The molecule has 1 fully saturated rings. The van der Waals surface area contributed by atoms with Gasteiger partial charge < -0.3 is 10.3 Å². The van der Waals surface area contributed by atoms with E-state index in [1.807, 2.05) is 36.8 Å². The van der Waals surface area contributed by atoms with E-state index in [4.69, 9.17) is 4.98 Å². The van der Waals surface area contributed by atoms with Crippen molar-refractivity contribution >= 4 is 22.1 Å². The van der Waals surface area contributed by atoms with Gasteiger partial charge in [0.05, 0.1) is 5.52 Å². The number of benzene rings is 1. The minimum atomic E-state index is 0.676. The molecule has 3 N–H and O–H groups in total. The number of hydrogen-bond donors (Lipinski definition) is 3. The lowest BCUT2D eigenvalue weighted by atomic mass is 10.0. The number of fused-ring (bicyclic) bond motifs is 2. The predicted molar refractivity (Wildman–Crippen MR) is 149 cm³/mol. The monoisotopic (exact) mass is 500 g/mol. The van der Waals surface area contributed by atoms with E-state index in [-0.39, 0.29) is 0 Å². The second-order valence-electron chi connectivity index (χ2n) is 10.1. The molecule has 1 aromatic carbocycles. The summed E-state index contributed by atoms with van der Waals surface area (Å²) in [5.74, 6) is 1.50. The summed E-state index contributed by atoms with van der Waals surface area (Å²) in [6.07, 6.45) is 14.7. The van der Waals surface area contributed by atoms with Crippen LogP contribution in [0.25, 0.3) is 55.8 Å². The van der Waals surface area contributed by atoms with Crippen molar-refractivity contribution < 1.29 is 0 Å². The minimum Gasteiger partial charge on any atom is -0.321 e. The van der Waals surface area contributed by atoms with E-state index < -0.39 is 0 Å². The summed E-state index contributed by atoms with van der Waals surface area (Å²) in [5.41, 5.74) is 8.58. The summed E-state index contributed by atoms with van der Waals surface area (Å²) in [4.78, 5) is 21.6. The fraction of sp³-hybridized carbons (Fsp3) is 0.233. The third kappa shape index (κ3) is 4.33. The summed E-state index contributed by atoms with van der Waals surface area (Å²) in [7, 11) is 0. The first-order chi connectivity index (χ1) is 18.8. The maximum absolute atomic E-state index is 4.92. The largest absolute Gasteiger partial charge is 0.321 e. The zero-order valence-electron chi connectivity index (χ0n) is 21.0. The van der Waals surface area contributed by atoms with Gasteiger partial charge >= 0.3 is 0 Å². The SMILES string of the molecule is c1cncc(-c2ccnc3[nH]c(-c4n[nH]c5ccc(-c6cncc(CNCC7CCCC7)c6)cc45)nc23)c1. The van der Waals surface area contributed by atoms with E-state index in [2.05, 4.69) is 59.7 Å². The number of pyridine rings is 3. The van der Waals surface area contributed by atoms with Gasteiger partial charge in [-0.15, -0.1) is 0 Å². The Balaban J connectivity index is 1.20. The van der Waals surface area contributed by atoms with Crippen LogP contribution in [0, 0.1) is 5.92 Å². The number of imidazole rings is 1. The van der Waals surface area contributed by atoms with Gasteiger partial charge in [0.1, 0.15) is 11.2 Å². The fourth-order valence-electron chi connectivity index (χ4n) is 5.53. The lowest BCUT2D eigenvalue weighted by Gasteiger charge is -2.11. The van der Waals surface area contributed by atoms with Crippen LogP contribution >= 0.6 is 0 Å². The Morgan fingerprint density at radius 3 is 2.71 bits per heavy atom. The van der Waals surface area contributed by atoms with Crippen molar-refractivity contribution in [1.82, 2.24) is 40.4 Å². The van der Waals surface area contributed by atoms with Crippen LogP contribution in [-0.2, 0) is 6.54 Å². The van der Waals surface area contributed by atoms with E-state index in [0.29, 0.717) is 5.82 Å². The van der Waals surface area contributed by atoms with Gasteiger partial charge in [-0.2, -0.15) is 5.10 Å². The Labute approximate surface area is 220 Å². The van der Waals surface area contributed by atoms with Crippen LogP contribution < -0.4 is 5.32 Å². The summed E-state index contributed by atoms with van der Waals surface area (Å²) < 4.78 is 0. The second-order valence-corrected chi connectivity index (χ2v) is 10.1. The smallest absolute Gasteiger partial charge is 0.160 e. The van der Waals surface area contributed by atoms with Gasteiger partial charge in [0.2, 0.25) is 0 Å². The lowest BCUT2D eigenvalue weighted by molar-refractivity contribution is 0.489. The molecule has 38 heavy (non-hydrogen) atoms. The van der Waals surface area contributed by atoms with Gasteiger partial charge in [-0.1, -0.05) is 25.0 Å². The molecule has 0 spiro atoms. The van der Waals surface area contributed by atoms with Crippen LogP contribution in [0.2, 0.25) is 0 Å². The molecule has 188 valence electrons. The van der Waals surface area contributed by atoms with Crippen LogP contribution in [0.3, 0.4) is 0 Å². The molecule has 5 aromatic heterocycles. The van der Waals surface area contributed by atoms with Crippen molar-refractivity contribution in [2.24, 2.45) is 5.92 Å². The van der Waals surface area contributed by atoms with Gasteiger partial charge in [-0.25, -0.2) is 9.97 Å². The van der Waals surface area contributed by atoms with Crippen molar-refractivity contribution in [3.8, 4) is 33.8 Å². The molecule has 5 heterocycles. The highest BCUT2D eigenvalue weighted by Gasteiger charge is 2.17. The highest BCUT2D eigenvalue weighted by Crippen LogP contribution is 2.32. The average Bonchev–Trinajstić information content (AvgIpc) is 3.73. The third-order valence-corrected chi connectivity index (χ3v) is 7.51. The van der Waals surface area contributed by atoms with Crippen LogP contribution in [0.5, 0.6) is 0 Å². The van der Waals surface area contributed by atoms with E-state index in [1.165, 1.54) is 31.2 Å². The molecular formula is C30H28N8. The molecule has 0 unspecified atom stereocenters. The molecule has 7 rings (SSSR count). The molecule has 0 atom stereocenters. The van der Waals surface area contributed by atoms with Gasteiger partial charge in [0.25, 0.3) is 0 Å². The molecule has 1 saturated carbocycles. The number of H-pyrrole nitrogens is 2. The maximum Gasteiger partial charge on any atom is 0.160 e. The molecular weight excluding hydrogens is 472 g/mol. The van der Waals surface area contributed by atoms with E-state index in [1.54, 1.807) is 12.4 Å². The normalized spacial score (nSPS) is 14.1. The predicted octanol–water partition coefficient (Wildman–Crippen LogP) is 5.91. The van der Waals surface area contributed by atoms with Crippen molar-refractivity contribution in [2.75, 3.05) is 6.54 Å². The Morgan fingerprint density at radius 1 is 0.895 bits per heavy atom. The summed E-state index contributed by atoms with van der Waals surface area (Å²) in [6.45, 7) is 1.92. The number of rotatable bonds is 7. The van der Waals surface area contributed by atoms with Gasteiger partial charge in [0.15, 0.2) is 11.5 Å². The first-order valence-corrected chi connectivity index (χ1v) is 13.2. The summed E-state index contributed by atoms with van der Waals surface area (Å²) in [6, 6.07) is 14.5. The number of nitrogens with one attached hydrogen (secondary N) is 3. The lowest BCUT2D eigenvalue weighted by Crippen LogP contribution is -2.20. The van der Waals surface area contributed by atoms with Crippen LogP contribution in [0.15, 0.2) is 73.4 Å². The molecule has 1 aliphatic rings. The van der Waals surface area contributed by atoms with Crippen molar-refractivity contribution in [3.63, 3.8) is 0 Å². The van der Waals surface area contributed by atoms with Crippen molar-refractivity contribution in [1.29, 1.82) is 0 Å².